The average Bonchev–Trinajstić information content (AvgIpc) is 2.57. The van der Waals surface area contributed by atoms with Crippen molar-refractivity contribution in [2.24, 2.45) is 5.10 Å². The normalized spacial score (nSPS) is 11.0. The van der Waals surface area contributed by atoms with Gasteiger partial charge in [0.1, 0.15) is 5.75 Å². The third-order valence-electron chi connectivity index (χ3n) is 3.53. The van der Waals surface area contributed by atoms with Crippen molar-refractivity contribution in [2.45, 2.75) is 6.92 Å². The van der Waals surface area contributed by atoms with Crippen LogP contribution in [0.25, 0.3) is 11.0 Å². The Kier molecular flexibility index (Phi) is 4.11. The number of phenolic OH excluding ortho intramolecular Hbond substituents is 1. The molecular formula is C18H14N2O4. The van der Waals surface area contributed by atoms with Gasteiger partial charge in [-0.05, 0) is 36.8 Å². The fourth-order valence-electron chi connectivity index (χ4n) is 2.33. The van der Waals surface area contributed by atoms with Gasteiger partial charge in [-0.25, -0.2) is 10.2 Å². The van der Waals surface area contributed by atoms with Crippen LogP contribution in [0.1, 0.15) is 21.5 Å². The molecule has 3 rings (SSSR count). The van der Waals surface area contributed by atoms with Gasteiger partial charge in [-0.1, -0.05) is 18.2 Å². The molecule has 0 aliphatic carbocycles. The summed E-state index contributed by atoms with van der Waals surface area (Å²) < 4.78 is 5.18. The molecule has 0 aliphatic rings. The number of aromatic hydroxyl groups is 1. The maximum absolute atomic E-state index is 11.9. The third-order valence-corrected chi connectivity index (χ3v) is 3.53. The van der Waals surface area contributed by atoms with E-state index in [1.54, 1.807) is 43.3 Å². The Labute approximate surface area is 137 Å². The average molecular weight is 322 g/mol. The molecule has 0 aliphatic heterocycles. The summed E-state index contributed by atoms with van der Waals surface area (Å²) in [4.78, 5) is 23.5. The number of hydrazone groups is 1. The summed E-state index contributed by atoms with van der Waals surface area (Å²) >= 11 is 0. The summed E-state index contributed by atoms with van der Waals surface area (Å²) in [5.41, 5.74) is 3.48. The molecule has 1 aromatic heterocycles. The SMILES string of the molecule is Cc1cc(=O)oc2c(/C=N/NC(=O)c3ccccc3)c(O)ccc12. The van der Waals surface area contributed by atoms with E-state index in [1.807, 2.05) is 0 Å². The van der Waals surface area contributed by atoms with Gasteiger partial charge in [-0.3, -0.25) is 4.79 Å². The Balaban J connectivity index is 1.94. The lowest BCUT2D eigenvalue weighted by Crippen LogP contribution is -2.17. The molecule has 0 fully saturated rings. The maximum atomic E-state index is 11.9. The number of nitrogens with one attached hydrogen (secondary N) is 1. The van der Waals surface area contributed by atoms with Crippen LogP contribution in [0.3, 0.4) is 0 Å². The van der Waals surface area contributed by atoms with E-state index in [9.17, 15) is 14.7 Å². The summed E-state index contributed by atoms with van der Waals surface area (Å²) in [7, 11) is 0. The molecule has 0 bridgehead atoms. The Hall–Kier alpha value is -3.41. The van der Waals surface area contributed by atoms with E-state index < -0.39 is 5.63 Å². The monoisotopic (exact) mass is 322 g/mol. The van der Waals surface area contributed by atoms with Crippen molar-refractivity contribution in [3.63, 3.8) is 0 Å². The van der Waals surface area contributed by atoms with Crippen molar-refractivity contribution in [2.75, 3.05) is 0 Å². The molecule has 0 unspecified atom stereocenters. The van der Waals surface area contributed by atoms with E-state index in [4.69, 9.17) is 4.42 Å². The van der Waals surface area contributed by atoms with Crippen molar-refractivity contribution in [1.82, 2.24) is 5.43 Å². The number of carbonyl (C=O) groups excluding carboxylic acids is 1. The first-order chi connectivity index (χ1) is 11.6. The van der Waals surface area contributed by atoms with E-state index in [2.05, 4.69) is 10.5 Å². The van der Waals surface area contributed by atoms with Gasteiger partial charge in [0.2, 0.25) is 0 Å². The first-order valence-corrected chi connectivity index (χ1v) is 7.21. The van der Waals surface area contributed by atoms with Crippen LogP contribution in [0.15, 0.2) is 62.8 Å². The van der Waals surface area contributed by atoms with Gasteiger partial charge < -0.3 is 9.52 Å². The first kappa shape index (κ1) is 15.5. The Bertz CT molecular complexity index is 991. The number of fused-ring (bicyclic) bond motifs is 1. The molecule has 3 aromatic rings. The molecule has 0 saturated heterocycles. The summed E-state index contributed by atoms with van der Waals surface area (Å²) in [5, 5.41) is 14.5. The minimum Gasteiger partial charge on any atom is -0.507 e. The molecule has 0 spiro atoms. The van der Waals surface area contributed by atoms with E-state index in [1.165, 1.54) is 18.3 Å². The van der Waals surface area contributed by atoms with Crippen LogP contribution >= 0.6 is 0 Å². The molecule has 0 atom stereocenters. The highest BCUT2D eigenvalue weighted by Crippen LogP contribution is 2.26. The van der Waals surface area contributed by atoms with Crippen LogP contribution < -0.4 is 11.1 Å². The molecule has 6 nitrogen and oxygen atoms in total. The first-order valence-electron chi connectivity index (χ1n) is 7.21. The molecule has 1 heterocycles. The molecule has 0 radical (unpaired) electrons. The molecule has 2 N–H and O–H groups in total. The zero-order chi connectivity index (χ0) is 17.1. The number of rotatable bonds is 3. The third kappa shape index (κ3) is 3.03. The van der Waals surface area contributed by atoms with Crippen LogP contribution in [0, 0.1) is 6.92 Å². The van der Waals surface area contributed by atoms with E-state index in [0.717, 1.165) is 5.56 Å². The predicted molar refractivity (Wildman–Crippen MR) is 90.4 cm³/mol. The predicted octanol–water partition coefficient (Wildman–Crippen LogP) is 2.57. The van der Waals surface area contributed by atoms with Crippen molar-refractivity contribution in [3.8, 4) is 5.75 Å². The van der Waals surface area contributed by atoms with Gasteiger partial charge in [0, 0.05) is 17.0 Å². The summed E-state index contributed by atoms with van der Waals surface area (Å²) in [6.45, 7) is 1.77. The van der Waals surface area contributed by atoms with Crippen molar-refractivity contribution in [1.29, 1.82) is 0 Å². The molecule has 120 valence electrons. The minimum atomic E-state index is -0.520. The second kappa shape index (κ2) is 6.37. The Morgan fingerprint density at radius 3 is 2.71 bits per heavy atom. The van der Waals surface area contributed by atoms with Gasteiger partial charge in [-0.15, -0.1) is 0 Å². The van der Waals surface area contributed by atoms with E-state index >= 15 is 0 Å². The van der Waals surface area contributed by atoms with Crippen molar-refractivity contribution < 1.29 is 14.3 Å². The molecular weight excluding hydrogens is 308 g/mol. The van der Waals surface area contributed by atoms with Crippen LogP contribution in [0.5, 0.6) is 5.75 Å². The number of phenols is 1. The minimum absolute atomic E-state index is 0.103. The highest BCUT2D eigenvalue weighted by Gasteiger charge is 2.11. The number of hydrogen-bond acceptors (Lipinski definition) is 5. The summed E-state index contributed by atoms with van der Waals surface area (Å²) in [6, 6.07) is 13.1. The highest BCUT2D eigenvalue weighted by atomic mass is 16.4. The molecule has 0 saturated carbocycles. The van der Waals surface area contributed by atoms with Crippen LogP contribution in [-0.4, -0.2) is 17.2 Å². The smallest absolute Gasteiger partial charge is 0.336 e. The van der Waals surface area contributed by atoms with Gasteiger partial charge in [0.05, 0.1) is 11.8 Å². The molecule has 24 heavy (non-hydrogen) atoms. The number of carbonyl (C=O) groups is 1. The van der Waals surface area contributed by atoms with Gasteiger partial charge in [-0.2, -0.15) is 5.10 Å². The topological polar surface area (TPSA) is 91.9 Å². The van der Waals surface area contributed by atoms with E-state index in [0.29, 0.717) is 10.9 Å². The standard InChI is InChI=1S/C18H14N2O4/c1-11-9-16(22)24-17-13(11)7-8-15(21)14(17)10-19-20-18(23)12-5-3-2-4-6-12/h2-10,21H,1H3,(H,20,23)/b19-10+. The number of aryl methyl sites for hydroxylation is 1. The van der Waals surface area contributed by atoms with Gasteiger partial charge >= 0.3 is 5.63 Å². The largest absolute Gasteiger partial charge is 0.507 e. The fourth-order valence-corrected chi connectivity index (χ4v) is 2.33. The van der Waals surface area contributed by atoms with Gasteiger partial charge in [0.25, 0.3) is 5.91 Å². The zero-order valence-electron chi connectivity index (χ0n) is 12.8. The lowest BCUT2D eigenvalue weighted by atomic mass is 10.1. The second-order valence-electron chi connectivity index (χ2n) is 5.19. The Morgan fingerprint density at radius 2 is 1.96 bits per heavy atom. The number of hydrogen-bond donors (Lipinski definition) is 2. The van der Waals surface area contributed by atoms with Crippen LogP contribution in [0.4, 0.5) is 0 Å². The quantitative estimate of drug-likeness (QED) is 0.440. The maximum Gasteiger partial charge on any atom is 0.336 e. The Morgan fingerprint density at radius 1 is 1.21 bits per heavy atom. The summed E-state index contributed by atoms with van der Waals surface area (Å²) in [6.07, 6.45) is 1.25. The molecule has 1 amide bonds. The van der Waals surface area contributed by atoms with Gasteiger partial charge in [0.15, 0.2) is 5.58 Å². The molecule has 2 aromatic carbocycles. The zero-order valence-corrected chi connectivity index (χ0v) is 12.8. The van der Waals surface area contributed by atoms with Crippen molar-refractivity contribution >= 4 is 23.1 Å². The van der Waals surface area contributed by atoms with E-state index in [-0.39, 0.29) is 22.8 Å². The number of amides is 1. The summed E-state index contributed by atoms with van der Waals surface area (Å²) in [5.74, 6) is -0.488. The molecule has 6 heteroatoms. The second-order valence-corrected chi connectivity index (χ2v) is 5.19. The lowest BCUT2D eigenvalue weighted by molar-refractivity contribution is 0.0955. The lowest BCUT2D eigenvalue weighted by Gasteiger charge is -2.05. The number of benzene rings is 2. The fraction of sp³-hybridized carbons (Fsp3) is 0.0556. The number of nitrogens with zero attached hydrogens (tertiary/aromatic N) is 1. The highest BCUT2D eigenvalue weighted by molar-refractivity contribution is 6.01. The van der Waals surface area contributed by atoms with Crippen LogP contribution in [0.2, 0.25) is 0 Å². The van der Waals surface area contributed by atoms with Crippen LogP contribution in [-0.2, 0) is 0 Å². The van der Waals surface area contributed by atoms with Crippen molar-refractivity contribution in [3.05, 3.63) is 75.6 Å².